The van der Waals surface area contributed by atoms with E-state index < -0.39 is 5.97 Å². The zero-order valence-corrected chi connectivity index (χ0v) is 11.5. The smallest absolute Gasteiger partial charge is 0.300 e. The van der Waals surface area contributed by atoms with Crippen LogP contribution < -0.4 is 5.43 Å². The second-order valence-electron chi connectivity index (χ2n) is 4.48. The van der Waals surface area contributed by atoms with Gasteiger partial charge in [-0.1, -0.05) is 42.5 Å². The molecule has 0 amide bonds. The van der Waals surface area contributed by atoms with Gasteiger partial charge in [-0.25, -0.2) is 0 Å². The van der Waals surface area contributed by atoms with Gasteiger partial charge in [-0.2, -0.15) is 0 Å². The number of aromatic nitrogens is 1. The van der Waals surface area contributed by atoms with Crippen molar-refractivity contribution in [1.29, 1.82) is 0 Å². The first-order valence-corrected chi connectivity index (χ1v) is 6.45. The van der Waals surface area contributed by atoms with Gasteiger partial charge in [0, 0.05) is 29.6 Å². The zero-order chi connectivity index (χ0) is 15.2. The third-order valence-corrected chi connectivity index (χ3v) is 2.82. The number of carboxylic acid groups (broad SMARTS) is 1. The largest absolute Gasteiger partial charge is 0.481 e. The van der Waals surface area contributed by atoms with Crippen molar-refractivity contribution in [1.82, 2.24) is 4.98 Å². The van der Waals surface area contributed by atoms with Crippen molar-refractivity contribution in [3.05, 3.63) is 70.9 Å². The third-order valence-electron chi connectivity index (χ3n) is 2.82. The first-order chi connectivity index (χ1) is 10.1. The number of hydrogen-bond acceptors (Lipinski definition) is 2. The molecule has 0 bridgehead atoms. The molecular weight excluding hydrogens is 266 g/mol. The number of nitrogens with one attached hydrogen (secondary N) is 1. The Hall–Kier alpha value is -2.88. The first-order valence-electron chi connectivity index (χ1n) is 6.45. The molecule has 0 spiro atoms. The molecule has 0 aliphatic heterocycles. The highest BCUT2D eigenvalue weighted by Crippen LogP contribution is 2.17. The minimum absolute atomic E-state index is 0.0539. The Balaban J connectivity index is 0.000000361. The van der Waals surface area contributed by atoms with Gasteiger partial charge in [0.15, 0.2) is 5.43 Å². The van der Waals surface area contributed by atoms with Crippen molar-refractivity contribution in [3.8, 4) is 11.3 Å². The van der Waals surface area contributed by atoms with Crippen LogP contribution in [0.5, 0.6) is 0 Å². The van der Waals surface area contributed by atoms with Crippen LogP contribution in [0.25, 0.3) is 22.2 Å². The van der Waals surface area contributed by atoms with Crippen molar-refractivity contribution in [2.24, 2.45) is 0 Å². The molecule has 0 unspecified atom stereocenters. The van der Waals surface area contributed by atoms with E-state index in [0.717, 1.165) is 29.1 Å². The Morgan fingerprint density at radius 2 is 1.57 bits per heavy atom. The average molecular weight is 281 g/mol. The van der Waals surface area contributed by atoms with E-state index in [1.54, 1.807) is 6.07 Å². The molecule has 0 atom stereocenters. The molecule has 0 aliphatic carbocycles. The van der Waals surface area contributed by atoms with Gasteiger partial charge in [-0.15, -0.1) is 0 Å². The molecule has 4 nitrogen and oxygen atoms in total. The van der Waals surface area contributed by atoms with Crippen LogP contribution in [0.3, 0.4) is 0 Å². The molecular formula is C17H15NO3. The van der Waals surface area contributed by atoms with E-state index in [-0.39, 0.29) is 5.43 Å². The summed E-state index contributed by atoms with van der Waals surface area (Å²) in [5.41, 5.74) is 2.81. The van der Waals surface area contributed by atoms with Crippen molar-refractivity contribution in [2.75, 3.05) is 0 Å². The number of hydrogen-bond donors (Lipinski definition) is 2. The standard InChI is InChI=1S/C15H11NO.C2H4O2/c17-15-10-14(11-6-2-1-3-7-11)16-13-9-5-4-8-12(13)15;1-2(3)4/h1-10H,(H,16,17);1H3,(H,3,4). The number of H-pyrrole nitrogens is 1. The predicted octanol–water partition coefficient (Wildman–Crippen LogP) is 3.29. The molecule has 0 fully saturated rings. The minimum Gasteiger partial charge on any atom is -0.481 e. The fourth-order valence-corrected chi connectivity index (χ4v) is 1.97. The highest BCUT2D eigenvalue weighted by molar-refractivity contribution is 5.81. The molecule has 0 aliphatic rings. The van der Waals surface area contributed by atoms with Crippen LogP contribution in [0.15, 0.2) is 65.5 Å². The SMILES string of the molecule is CC(=O)O.O=c1cc(-c2ccccc2)[nH]c2ccccc12. The van der Waals surface area contributed by atoms with E-state index in [9.17, 15) is 4.79 Å². The lowest BCUT2D eigenvalue weighted by Gasteiger charge is -2.04. The summed E-state index contributed by atoms with van der Waals surface area (Å²) < 4.78 is 0. The third kappa shape index (κ3) is 3.79. The number of rotatable bonds is 1. The van der Waals surface area contributed by atoms with Gasteiger partial charge >= 0.3 is 0 Å². The first kappa shape index (κ1) is 14.5. The molecule has 2 N–H and O–H groups in total. The molecule has 3 aromatic rings. The number of aliphatic carboxylic acids is 1. The molecule has 106 valence electrons. The zero-order valence-electron chi connectivity index (χ0n) is 11.5. The molecule has 0 saturated heterocycles. The van der Waals surface area contributed by atoms with Gasteiger partial charge in [-0.05, 0) is 17.7 Å². The molecule has 2 aromatic carbocycles. The van der Waals surface area contributed by atoms with Gasteiger partial charge in [0.25, 0.3) is 5.97 Å². The summed E-state index contributed by atoms with van der Waals surface area (Å²) >= 11 is 0. The number of para-hydroxylation sites is 1. The predicted molar refractivity (Wildman–Crippen MR) is 83.3 cm³/mol. The summed E-state index contributed by atoms with van der Waals surface area (Å²) in [7, 11) is 0. The fourth-order valence-electron chi connectivity index (χ4n) is 1.97. The van der Waals surface area contributed by atoms with Crippen LogP contribution in [0.2, 0.25) is 0 Å². The Bertz CT molecular complexity index is 803. The highest BCUT2D eigenvalue weighted by Gasteiger charge is 2.02. The van der Waals surface area contributed by atoms with Crippen LogP contribution >= 0.6 is 0 Å². The van der Waals surface area contributed by atoms with Gasteiger partial charge in [0.1, 0.15) is 0 Å². The topological polar surface area (TPSA) is 70.2 Å². The quantitative estimate of drug-likeness (QED) is 0.719. The van der Waals surface area contributed by atoms with Crippen LogP contribution in [0.1, 0.15) is 6.92 Å². The Kier molecular flexibility index (Phi) is 4.51. The van der Waals surface area contributed by atoms with Crippen molar-refractivity contribution in [3.63, 3.8) is 0 Å². The van der Waals surface area contributed by atoms with Crippen LogP contribution in [0.4, 0.5) is 0 Å². The molecule has 1 aromatic heterocycles. The van der Waals surface area contributed by atoms with Crippen molar-refractivity contribution < 1.29 is 9.90 Å². The van der Waals surface area contributed by atoms with E-state index in [1.165, 1.54) is 0 Å². The molecule has 21 heavy (non-hydrogen) atoms. The lowest BCUT2D eigenvalue weighted by molar-refractivity contribution is -0.134. The maximum absolute atomic E-state index is 12.0. The van der Waals surface area contributed by atoms with E-state index >= 15 is 0 Å². The number of benzene rings is 2. The van der Waals surface area contributed by atoms with Gasteiger partial charge in [0.2, 0.25) is 0 Å². The summed E-state index contributed by atoms with van der Waals surface area (Å²) in [5.74, 6) is -0.833. The van der Waals surface area contributed by atoms with Crippen molar-refractivity contribution in [2.45, 2.75) is 6.92 Å². The van der Waals surface area contributed by atoms with Crippen LogP contribution in [0, 0.1) is 0 Å². The monoisotopic (exact) mass is 281 g/mol. The normalized spacial score (nSPS) is 9.76. The summed E-state index contributed by atoms with van der Waals surface area (Å²) in [4.78, 5) is 24.2. The fraction of sp³-hybridized carbons (Fsp3) is 0.0588. The summed E-state index contributed by atoms with van der Waals surface area (Å²) in [6, 6.07) is 19.1. The van der Waals surface area contributed by atoms with Crippen LogP contribution in [-0.2, 0) is 4.79 Å². The molecule has 0 radical (unpaired) electrons. The van der Waals surface area contributed by atoms with E-state index in [0.29, 0.717) is 0 Å². The molecule has 4 heteroatoms. The molecule has 3 rings (SSSR count). The highest BCUT2D eigenvalue weighted by atomic mass is 16.4. The lowest BCUT2D eigenvalue weighted by atomic mass is 10.1. The number of aromatic amines is 1. The summed E-state index contributed by atoms with van der Waals surface area (Å²) in [6.07, 6.45) is 0. The second-order valence-corrected chi connectivity index (χ2v) is 4.48. The average Bonchev–Trinajstić information content (AvgIpc) is 2.47. The van der Waals surface area contributed by atoms with Gasteiger partial charge < -0.3 is 10.1 Å². The van der Waals surface area contributed by atoms with Crippen molar-refractivity contribution >= 4 is 16.9 Å². The van der Waals surface area contributed by atoms with E-state index in [4.69, 9.17) is 9.90 Å². The van der Waals surface area contributed by atoms with E-state index in [1.807, 2.05) is 54.6 Å². The minimum atomic E-state index is -0.833. The van der Waals surface area contributed by atoms with E-state index in [2.05, 4.69) is 4.98 Å². The number of carboxylic acids is 1. The molecule has 0 saturated carbocycles. The maximum atomic E-state index is 12.0. The van der Waals surface area contributed by atoms with Gasteiger partial charge in [0.05, 0.1) is 0 Å². The van der Waals surface area contributed by atoms with Gasteiger partial charge in [-0.3, -0.25) is 9.59 Å². The Morgan fingerprint density at radius 1 is 1.00 bits per heavy atom. The van der Waals surface area contributed by atoms with Crippen LogP contribution in [-0.4, -0.2) is 16.1 Å². The number of pyridine rings is 1. The number of carbonyl (C=O) groups is 1. The maximum Gasteiger partial charge on any atom is 0.300 e. The lowest BCUT2D eigenvalue weighted by Crippen LogP contribution is -2.02. The molecule has 1 heterocycles. The Morgan fingerprint density at radius 3 is 2.24 bits per heavy atom. The Labute approximate surface area is 121 Å². The second kappa shape index (κ2) is 6.52. The number of fused-ring (bicyclic) bond motifs is 1. The summed E-state index contributed by atoms with van der Waals surface area (Å²) in [5, 5.41) is 8.15. The summed E-state index contributed by atoms with van der Waals surface area (Å²) in [6.45, 7) is 1.08.